The number of ether oxygens (including phenoxy) is 1. The molecule has 1 aromatic carbocycles. The van der Waals surface area contributed by atoms with Gasteiger partial charge in [0.2, 0.25) is 0 Å². The zero-order valence-electron chi connectivity index (χ0n) is 15.5. The number of carbonyl (C=O) groups excluding carboxylic acids is 1. The molecule has 29 heavy (non-hydrogen) atoms. The smallest absolute Gasteiger partial charge is 0.283 e. The topological polar surface area (TPSA) is 101 Å². The number of alkyl halides is 2. The second-order valence-corrected chi connectivity index (χ2v) is 7.10. The molecular formula is C20H17ClF2N4O2. The van der Waals surface area contributed by atoms with E-state index in [9.17, 15) is 13.6 Å². The van der Waals surface area contributed by atoms with Gasteiger partial charge in [0.05, 0.1) is 12.2 Å². The van der Waals surface area contributed by atoms with Gasteiger partial charge in [-0.2, -0.15) is 5.26 Å². The number of aromatic nitrogens is 1. The third-order valence-electron chi connectivity index (χ3n) is 4.74. The highest BCUT2D eigenvalue weighted by Gasteiger charge is 2.45. The van der Waals surface area contributed by atoms with E-state index in [2.05, 4.69) is 9.98 Å². The van der Waals surface area contributed by atoms with Gasteiger partial charge in [-0.05, 0) is 30.2 Å². The minimum absolute atomic E-state index is 0.0203. The largest absolute Gasteiger partial charge is 0.465 e. The van der Waals surface area contributed by atoms with E-state index in [4.69, 9.17) is 27.3 Å². The van der Waals surface area contributed by atoms with Crippen molar-refractivity contribution in [1.82, 2.24) is 4.98 Å². The molecule has 0 unspecified atom stereocenters. The number of hydrogen-bond acceptors (Lipinski definition) is 6. The molecule has 0 radical (unpaired) electrons. The van der Waals surface area contributed by atoms with Gasteiger partial charge in [-0.1, -0.05) is 23.7 Å². The number of ketones is 1. The third-order valence-corrected chi connectivity index (χ3v) is 5.07. The van der Waals surface area contributed by atoms with Gasteiger partial charge in [-0.25, -0.2) is 13.8 Å². The van der Waals surface area contributed by atoms with Gasteiger partial charge in [0.15, 0.2) is 11.3 Å². The van der Waals surface area contributed by atoms with Gasteiger partial charge < -0.3 is 10.5 Å². The van der Waals surface area contributed by atoms with Gasteiger partial charge in [0.1, 0.15) is 11.8 Å². The average Bonchev–Trinajstić information content (AvgIpc) is 2.68. The Morgan fingerprint density at radius 2 is 2.21 bits per heavy atom. The maximum Gasteiger partial charge on any atom is 0.283 e. The van der Waals surface area contributed by atoms with E-state index in [-0.39, 0.29) is 47.5 Å². The molecule has 0 fully saturated rings. The summed E-state index contributed by atoms with van der Waals surface area (Å²) in [6, 6.07) is 7.71. The predicted molar refractivity (Wildman–Crippen MR) is 103 cm³/mol. The van der Waals surface area contributed by atoms with Crippen molar-refractivity contribution in [2.75, 3.05) is 6.61 Å². The summed E-state index contributed by atoms with van der Waals surface area (Å²) >= 11 is 6.21. The van der Waals surface area contributed by atoms with Crippen LogP contribution in [0.1, 0.15) is 39.2 Å². The molecule has 0 aliphatic carbocycles. The summed E-state index contributed by atoms with van der Waals surface area (Å²) < 4.78 is 33.0. The van der Waals surface area contributed by atoms with Gasteiger partial charge in [-0.15, -0.1) is 0 Å². The number of benzene rings is 1. The number of hydrogen-bond donors (Lipinski definition) is 1. The molecule has 0 bridgehead atoms. The highest BCUT2D eigenvalue weighted by atomic mass is 35.5. The molecule has 6 nitrogen and oxygen atoms in total. The lowest BCUT2D eigenvalue weighted by Crippen LogP contribution is -2.41. The number of halogens is 3. The van der Waals surface area contributed by atoms with Gasteiger partial charge in [0, 0.05) is 29.6 Å². The fourth-order valence-electron chi connectivity index (χ4n) is 3.28. The Morgan fingerprint density at radius 1 is 1.45 bits per heavy atom. The van der Waals surface area contributed by atoms with E-state index in [1.807, 2.05) is 6.07 Å². The molecule has 9 heteroatoms. The number of pyridine rings is 1. The number of nitrogens with zero attached hydrogens (tertiary/aromatic N) is 3. The van der Waals surface area contributed by atoms with Crippen LogP contribution < -0.4 is 5.73 Å². The van der Waals surface area contributed by atoms with Crippen molar-refractivity contribution >= 4 is 23.4 Å². The first-order valence-electron chi connectivity index (χ1n) is 8.72. The molecular weight excluding hydrogens is 402 g/mol. The van der Waals surface area contributed by atoms with Crippen LogP contribution in [-0.2, 0) is 16.7 Å². The average molecular weight is 419 g/mol. The molecule has 2 heterocycles. The van der Waals surface area contributed by atoms with Gasteiger partial charge in [-0.3, -0.25) is 9.78 Å². The van der Waals surface area contributed by atoms with Crippen LogP contribution in [0.25, 0.3) is 0 Å². The van der Waals surface area contributed by atoms with E-state index in [0.29, 0.717) is 16.7 Å². The minimum atomic E-state index is -2.86. The van der Waals surface area contributed by atoms with E-state index in [1.165, 1.54) is 18.3 Å². The lowest BCUT2D eigenvalue weighted by molar-refractivity contribution is 0.0267. The number of Topliss-reactive ketones (excluding diaryl/α,β-unsaturated/α-hetero) is 1. The Balaban J connectivity index is 1.96. The Kier molecular flexibility index (Phi) is 5.80. The Labute approximate surface area is 171 Å². The Bertz CT molecular complexity index is 1040. The summed E-state index contributed by atoms with van der Waals surface area (Å²) in [6.45, 7) is 1.66. The number of carbonyl (C=O) groups is 1. The van der Waals surface area contributed by atoms with E-state index >= 15 is 0 Å². The van der Waals surface area contributed by atoms with Crippen LogP contribution in [0.4, 0.5) is 8.78 Å². The van der Waals surface area contributed by atoms with Crippen LogP contribution in [0.3, 0.4) is 0 Å². The molecule has 1 aliphatic heterocycles. The van der Waals surface area contributed by atoms with Crippen molar-refractivity contribution in [3.63, 3.8) is 0 Å². The summed E-state index contributed by atoms with van der Waals surface area (Å²) in [7, 11) is 0. The molecule has 0 saturated carbocycles. The second kappa shape index (κ2) is 8.13. The van der Waals surface area contributed by atoms with Crippen LogP contribution in [-0.4, -0.2) is 29.8 Å². The minimum Gasteiger partial charge on any atom is -0.465 e. The fourth-order valence-corrected chi connectivity index (χ4v) is 3.56. The molecule has 150 valence electrons. The monoisotopic (exact) mass is 418 g/mol. The molecule has 2 aromatic rings. The van der Waals surface area contributed by atoms with Crippen LogP contribution in [0.2, 0.25) is 5.02 Å². The van der Waals surface area contributed by atoms with E-state index in [1.54, 1.807) is 19.1 Å². The summed E-state index contributed by atoms with van der Waals surface area (Å²) in [5, 5.41) is 9.02. The van der Waals surface area contributed by atoms with E-state index in [0.717, 1.165) is 0 Å². The Morgan fingerprint density at radius 3 is 2.83 bits per heavy atom. The highest BCUT2D eigenvalue weighted by Crippen LogP contribution is 2.42. The number of amidine groups is 1. The van der Waals surface area contributed by atoms with Crippen LogP contribution in [0.5, 0.6) is 0 Å². The lowest BCUT2D eigenvalue weighted by atomic mass is 9.85. The number of aryl methyl sites for hydroxylation is 1. The van der Waals surface area contributed by atoms with Crippen LogP contribution in [0, 0.1) is 18.3 Å². The van der Waals surface area contributed by atoms with E-state index < -0.39 is 12.0 Å². The van der Waals surface area contributed by atoms with Crippen molar-refractivity contribution in [3.05, 3.63) is 63.4 Å². The van der Waals surface area contributed by atoms with Gasteiger partial charge >= 0.3 is 0 Å². The van der Waals surface area contributed by atoms with Gasteiger partial charge in [0.25, 0.3) is 12.4 Å². The highest BCUT2D eigenvalue weighted by molar-refractivity contribution is 6.31. The molecule has 1 aliphatic rings. The first-order chi connectivity index (χ1) is 13.8. The maximum atomic E-state index is 14.0. The molecule has 2 N–H and O–H groups in total. The van der Waals surface area contributed by atoms with Crippen molar-refractivity contribution < 1.29 is 18.3 Å². The maximum absolute atomic E-state index is 14.0. The first kappa shape index (κ1) is 20.7. The zero-order valence-corrected chi connectivity index (χ0v) is 16.2. The number of nitrogens with two attached hydrogens (primary N) is 1. The predicted octanol–water partition coefficient (Wildman–Crippen LogP) is 3.54. The summed E-state index contributed by atoms with van der Waals surface area (Å²) in [5.41, 5.74) is 5.32. The molecule has 0 spiro atoms. The summed E-state index contributed by atoms with van der Waals surface area (Å²) in [4.78, 5) is 20.6. The first-order valence-corrected chi connectivity index (χ1v) is 9.10. The second-order valence-electron chi connectivity index (χ2n) is 6.69. The van der Waals surface area contributed by atoms with Crippen LogP contribution >= 0.6 is 11.6 Å². The van der Waals surface area contributed by atoms with Crippen molar-refractivity contribution in [3.8, 4) is 6.07 Å². The van der Waals surface area contributed by atoms with Crippen molar-refractivity contribution in [2.45, 2.75) is 31.7 Å². The quantitative estimate of drug-likeness (QED) is 0.748. The van der Waals surface area contributed by atoms with Crippen molar-refractivity contribution in [2.24, 2.45) is 10.7 Å². The summed E-state index contributed by atoms with van der Waals surface area (Å²) in [5.74, 6) is -0.304. The van der Waals surface area contributed by atoms with Crippen LogP contribution in [0.15, 0.2) is 35.5 Å². The normalized spacial score (nSPS) is 18.7. The molecule has 0 amide bonds. The zero-order chi connectivity index (χ0) is 21.2. The fraction of sp³-hybridized carbons (Fsp3) is 0.300. The molecule has 0 saturated heterocycles. The number of rotatable bonds is 5. The standard InChI is InChI=1S/C20H17ClF2N4O2/c1-11-6-13(9-24)10-26-17(11)16(28)8-12-2-3-15(21)14(7-12)20(18(22)23)4-5-29-19(25)27-20/h2-3,6-7,10,18H,4-5,8H2,1H3,(H2,25,27)/t20-/m0/s1. The SMILES string of the molecule is Cc1cc(C#N)cnc1C(=O)Cc1ccc(Cl)c([C@]2(C(F)F)CCOC(N)=N2)c1. The summed E-state index contributed by atoms with van der Waals surface area (Å²) in [6.07, 6.45) is -1.72. The number of aliphatic imine (C=N–C) groups is 1. The third kappa shape index (κ3) is 4.05. The molecule has 3 rings (SSSR count). The lowest BCUT2D eigenvalue weighted by Gasteiger charge is -2.33. The number of nitriles is 1. The Hall–Kier alpha value is -3.05. The molecule has 1 aromatic heterocycles. The van der Waals surface area contributed by atoms with Crippen molar-refractivity contribution in [1.29, 1.82) is 5.26 Å². The molecule has 1 atom stereocenters.